The van der Waals surface area contributed by atoms with Crippen molar-refractivity contribution in [3.8, 4) is 0 Å². The van der Waals surface area contributed by atoms with Crippen molar-refractivity contribution in [1.82, 2.24) is 20.0 Å². The van der Waals surface area contributed by atoms with Gasteiger partial charge in [0.1, 0.15) is 4.60 Å². The first-order valence-corrected chi connectivity index (χ1v) is 5.66. The molecule has 2 heterocycles. The maximum Gasteiger partial charge on any atom is 0.104 e. The summed E-state index contributed by atoms with van der Waals surface area (Å²) in [6.07, 6.45) is 0. The average Bonchev–Trinajstić information content (AvgIpc) is 2.47. The number of aryl methyl sites for hydroxylation is 1. The molecule has 1 fully saturated rings. The number of nitrogens with zero attached hydrogens (tertiary/aromatic N) is 3. The Kier molecular flexibility index (Phi) is 3.20. The minimum Gasteiger partial charge on any atom is -0.314 e. The van der Waals surface area contributed by atoms with Crippen LogP contribution in [-0.2, 0) is 13.6 Å². The summed E-state index contributed by atoms with van der Waals surface area (Å²) < 4.78 is 2.90. The molecule has 0 aliphatic carbocycles. The van der Waals surface area contributed by atoms with Crippen LogP contribution in [0.25, 0.3) is 0 Å². The van der Waals surface area contributed by atoms with E-state index >= 15 is 0 Å². The van der Waals surface area contributed by atoms with Gasteiger partial charge in [-0.1, -0.05) is 0 Å². The van der Waals surface area contributed by atoms with Crippen LogP contribution in [0.5, 0.6) is 0 Å². The van der Waals surface area contributed by atoms with Gasteiger partial charge in [0.15, 0.2) is 0 Å². The molecule has 0 bridgehead atoms. The van der Waals surface area contributed by atoms with Gasteiger partial charge in [-0.05, 0) is 22.0 Å². The van der Waals surface area contributed by atoms with E-state index in [9.17, 15) is 0 Å². The number of hydrogen-bond donors (Lipinski definition) is 1. The minimum atomic E-state index is 0.959. The number of rotatable bonds is 2. The summed E-state index contributed by atoms with van der Waals surface area (Å²) in [5.74, 6) is 0. The second-order valence-corrected chi connectivity index (χ2v) is 4.42. The third kappa shape index (κ3) is 2.34. The molecule has 2 rings (SSSR count). The topological polar surface area (TPSA) is 33.1 Å². The van der Waals surface area contributed by atoms with Crippen molar-refractivity contribution in [3.63, 3.8) is 0 Å². The molecule has 0 unspecified atom stereocenters. The molecule has 1 saturated heterocycles. The van der Waals surface area contributed by atoms with Crippen molar-refractivity contribution < 1.29 is 0 Å². The molecular weight excluding hydrogens is 244 g/mol. The van der Waals surface area contributed by atoms with Crippen LogP contribution in [-0.4, -0.2) is 40.9 Å². The molecule has 0 aromatic carbocycles. The van der Waals surface area contributed by atoms with Crippen molar-refractivity contribution in [3.05, 3.63) is 16.4 Å². The van der Waals surface area contributed by atoms with E-state index in [1.807, 2.05) is 11.7 Å². The SMILES string of the molecule is Cn1nc(CN2CCNCC2)cc1Br. The Bertz CT molecular complexity index is 284. The molecular formula is C9H15BrN4. The van der Waals surface area contributed by atoms with Gasteiger partial charge in [0.25, 0.3) is 0 Å². The van der Waals surface area contributed by atoms with Gasteiger partial charge in [-0.15, -0.1) is 0 Å². The summed E-state index contributed by atoms with van der Waals surface area (Å²) in [4.78, 5) is 2.42. The molecule has 0 atom stereocenters. The highest BCUT2D eigenvalue weighted by Crippen LogP contribution is 2.12. The second-order valence-electron chi connectivity index (χ2n) is 3.61. The zero-order chi connectivity index (χ0) is 9.97. The average molecular weight is 259 g/mol. The Morgan fingerprint density at radius 1 is 1.50 bits per heavy atom. The lowest BCUT2D eigenvalue weighted by molar-refractivity contribution is 0.230. The zero-order valence-electron chi connectivity index (χ0n) is 8.33. The first-order valence-electron chi connectivity index (χ1n) is 4.87. The van der Waals surface area contributed by atoms with Crippen LogP contribution in [0, 0.1) is 0 Å². The zero-order valence-corrected chi connectivity index (χ0v) is 9.92. The summed E-state index contributed by atoms with van der Waals surface area (Å²) in [6.45, 7) is 5.38. The van der Waals surface area contributed by atoms with Gasteiger partial charge in [-0.3, -0.25) is 9.58 Å². The Balaban J connectivity index is 1.95. The van der Waals surface area contributed by atoms with Gasteiger partial charge < -0.3 is 5.32 Å². The monoisotopic (exact) mass is 258 g/mol. The highest BCUT2D eigenvalue weighted by atomic mass is 79.9. The molecule has 1 N–H and O–H groups in total. The number of hydrogen-bond acceptors (Lipinski definition) is 3. The fraction of sp³-hybridized carbons (Fsp3) is 0.667. The lowest BCUT2D eigenvalue weighted by Gasteiger charge is -2.26. The van der Waals surface area contributed by atoms with Crippen LogP contribution >= 0.6 is 15.9 Å². The summed E-state index contributed by atoms with van der Waals surface area (Å²) in [5.41, 5.74) is 1.14. The molecule has 1 aromatic heterocycles. The van der Waals surface area contributed by atoms with Gasteiger partial charge >= 0.3 is 0 Å². The Morgan fingerprint density at radius 3 is 2.79 bits per heavy atom. The highest BCUT2D eigenvalue weighted by molar-refractivity contribution is 9.10. The molecule has 0 amide bonds. The van der Waals surface area contributed by atoms with Crippen molar-refractivity contribution in [2.75, 3.05) is 26.2 Å². The van der Waals surface area contributed by atoms with Crippen molar-refractivity contribution in [2.45, 2.75) is 6.54 Å². The van der Waals surface area contributed by atoms with Gasteiger partial charge in [0.05, 0.1) is 5.69 Å². The van der Waals surface area contributed by atoms with Gasteiger partial charge in [0, 0.05) is 39.8 Å². The van der Waals surface area contributed by atoms with Crippen LogP contribution < -0.4 is 5.32 Å². The predicted octanol–water partition coefficient (Wildman–Crippen LogP) is 0.588. The van der Waals surface area contributed by atoms with Crippen LogP contribution in [0.2, 0.25) is 0 Å². The molecule has 1 aliphatic rings. The van der Waals surface area contributed by atoms with Crippen LogP contribution in [0.1, 0.15) is 5.69 Å². The molecule has 14 heavy (non-hydrogen) atoms. The van der Waals surface area contributed by atoms with Gasteiger partial charge in [0.2, 0.25) is 0 Å². The van der Waals surface area contributed by atoms with Gasteiger partial charge in [-0.2, -0.15) is 5.10 Å². The molecule has 1 aromatic rings. The molecule has 0 saturated carbocycles. The normalized spacial score (nSPS) is 18.7. The Morgan fingerprint density at radius 2 is 2.21 bits per heavy atom. The van der Waals surface area contributed by atoms with E-state index in [1.165, 1.54) is 0 Å². The summed E-state index contributed by atoms with van der Waals surface area (Å²) >= 11 is 3.45. The quantitative estimate of drug-likeness (QED) is 0.843. The Hall–Kier alpha value is -0.390. The van der Waals surface area contributed by atoms with Crippen LogP contribution in [0.4, 0.5) is 0 Å². The predicted molar refractivity (Wildman–Crippen MR) is 59.1 cm³/mol. The van der Waals surface area contributed by atoms with Gasteiger partial charge in [-0.25, -0.2) is 0 Å². The fourth-order valence-electron chi connectivity index (χ4n) is 1.68. The van der Waals surface area contributed by atoms with Crippen molar-refractivity contribution >= 4 is 15.9 Å². The summed E-state index contributed by atoms with van der Waals surface area (Å²) in [5, 5.41) is 7.75. The summed E-state index contributed by atoms with van der Waals surface area (Å²) in [6, 6.07) is 2.09. The molecule has 78 valence electrons. The Labute approximate surface area is 92.4 Å². The van der Waals surface area contributed by atoms with E-state index < -0.39 is 0 Å². The highest BCUT2D eigenvalue weighted by Gasteiger charge is 2.11. The fourth-order valence-corrected chi connectivity index (χ4v) is 2.02. The van der Waals surface area contributed by atoms with Crippen LogP contribution in [0.3, 0.4) is 0 Å². The standard InChI is InChI=1S/C9H15BrN4/c1-13-9(10)6-8(12-13)7-14-4-2-11-3-5-14/h6,11H,2-5,7H2,1H3. The largest absolute Gasteiger partial charge is 0.314 e. The van der Waals surface area contributed by atoms with E-state index in [2.05, 4.69) is 37.3 Å². The summed E-state index contributed by atoms with van der Waals surface area (Å²) in [7, 11) is 1.95. The number of aromatic nitrogens is 2. The van der Waals surface area contributed by atoms with Crippen molar-refractivity contribution in [2.24, 2.45) is 7.05 Å². The molecule has 5 heteroatoms. The smallest absolute Gasteiger partial charge is 0.104 e. The second kappa shape index (κ2) is 4.42. The van der Waals surface area contributed by atoms with E-state index in [0.29, 0.717) is 0 Å². The lowest BCUT2D eigenvalue weighted by atomic mass is 10.3. The first kappa shape index (κ1) is 10.1. The van der Waals surface area contributed by atoms with E-state index in [4.69, 9.17) is 0 Å². The minimum absolute atomic E-state index is 0.959. The first-order chi connectivity index (χ1) is 6.75. The lowest BCUT2D eigenvalue weighted by Crippen LogP contribution is -2.42. The number of halogens is 1. The number of piperazine rings is 1. The molecule has 0 radical (unpaired) electrons. The third-order valence-electron chi connectivity index (χ3n) is 2.47. The van der Waals surface area contributed by atoms with Crippen LogP contribution in [0.15, 0.2) is 10.7 Å². The maximum atomic E-state index is 4.41. The molecule has 0 spiro atoms. The van der Waals surface area contributed by atoms with E-state index in [1.54, 1.807) is 0 Å². The van der Waals surface area contributed by atoms with Crippen molar-refractivity contribution in [1.29, 1.82) is 0 Å². The molecule has 1 aliphatic heterocycles. The third-order valence-corrected chi connectivity index (χ3v) is 3.21. The van der Waals surface area contributed by atoms with E-state index in [-0.39, 0.29) is 0 Å². The van der Waals surface area contributed by atoms with E-state index in [0.717, 1.165) is 43.0 Å². The maximum absolute atomic E-state index is 4.41. The molecule has 4 nitrogen and oxygen atoms in total. The number of nitrogens with one attached hydrogen (secondary N) is 1.